The zero-order valence-corrected chi connectivity index (χ0v) is 14.7. The summed E-state index contributed by atoms with van der Waals surface area (Å²) in [6, 6.07) is 12.9. The molecule has 2 heterocycles. The lowest BCUT2D eigenvalue weighted by molar-refractivity contribution is 0.267. The minimum absolute atomic E-state index is 0.397. The molecule has 1 fully saturated rings. The van der Waals surface area contributed by atoms with E-state index in [1.807, 2.05) is 6.07 Å². The Hall–Kier alpha value is -1.21. The minimum Gasteiger partial charge on any atom is -0.312 e. The number of hydrogen-bond acceptors (Lipinski definition) is 4. The molecule has 1 saturated heterocycles. The molecule has 1 aromatic carbocycles. The molecule has 1 aliphatic heterocycles. The van der Waals surface area contributed by atoms with Gasteiger partial charge in [-0.15, -0.1) is 11.3 Å². The quantitative estimate of drug-likeness (QED) is 0.871. The average molecular weight is 351 g/mol. The highest BCUT2D eigenvalue weighted by Crippen LogP contribution is 2.23. The number of benzene rings is 1. The molecule has 1 N–H and O–H groups in total. The lowest BCUT2D eigenvalue weighted by atomic mass is 9.98. The van der Waals surface area contributed by atoms with Gasteiger partial charge in [0.25, 0.3) is 0 Å². The van der Waals surface area contributed by atoms with Crippen molar-refractivity contribution in [3.63, 3.8) is 0 Å². The van der Waals surface area contributed by atoms with Crippen molar-refractivity contribution in [2.75, 3.05) is 19.6 Å². The Morgan fingerprint density at radius 2 is 1.83 bits per heavy atom. The fourth-order valence-electron chi connectivity index (χ4n) is 2.91. The number of thiophene rings is 1. The summed E-state index contributed by atoms with van der Waals surface area (Å²) in [5.41, 5.74) is 0. The van der Waals surface area contributed by atoms with Gasteiger partial charge in [-0.1, -0.05) is 24.3 Å². The van der Waals surface area contributed by atoms with Crippen LogP contribution >= 0.6 is 11.3 Å². The van der Waals surface area contributed by atoms with E-state index in [4.69, 9.17) is 0 Å². The number of hydrogen-bond donors (Lipinski definition) is 1. The summed E-state index contributed by atoms with van der Waals surface area (Å²) < 4.78 is 26.8. The molecule has 0 saturated carbocycles. The summed E-state index contributed by atoms with van der Waals surface area (Å²) in [6.07, 6.45) is 1.84. The van der Waals surface area contributed by atoms with Gasteiger partial charge < -0.3 is 5.32 Å². The molecule has 124 valence electrons. The predicted octanol–water partition coefficient (Wildman–Crippen LogP) is 2.94. The van der Waals surface area contributed by atoms with Crippen molar-refractivity contribution in [3.05, 3.63) is 52.7 Å². The standard InChI is InChI=1S/C17H22N2O2S2/c20-23(21,17-6-2-1-3-7-17)19-10-8-15(9-11-19)13-18-14-16-5-4-12-22-16/h1-7,12,15,18H,8-11,13-14H2. The first-order chi connectivity index (χ1) is 11.2. The zero-order valence-electron chi connectivity index (χ0n) is 13.0. The number of piperidine rings is 1. The van der Waals surface area contributed by atoms with Crippen molar-refractivity contribution in [1.29, 1.82) is 0 Å². The summed E-state index contributed by atoms with van der Waals surface area (Å²) in [6.45, 7) is 3.09. The molecule has 1 aromatic heterocycles. The third-order valence-corrected chi connectivity index (χ3v) is 7.06. The van der Waals surface area contributed by atoms with E-state index in [9.17, 15) is 8.42 Å². The molecule has 0 amide bonds. The van der Waals surface area contributed by atoms with E-state index >= 15 is 0 Å². The number of sulfonamides is 1. The first-order valence-corrected chi connectivity index (χ1v) is 10.3. The van der Waals surface area contributed by atoms with Gasteiger partial charge in [0.05, 0.1) is 4.90 Å². The lowest BCUT2D eigenvalue weighted by Crippen LogP contribution is -2.40. The Morgan fingerprint density at radius 1 is 1.09 bits per heavy atom. The maximum atomic E-state index is 12.6. The van der Waals surface area contributed by atoms with Gasteiger partial charge in [0.2, 0.25) is 10.0 Å². The maximum Gasteiger partial charge on any atom is 0.243 e. The predicted molar refractivity (Wildman–Crippen MR) is 94.0 cm³/mol. The normalized spacial score (nSPS) is 17.4. The number of rotatable bonds is 6. The van der Waals surface area contributed by atoms with Crippen molar-refractivity contribution in [1.82, 2.24) is 9.62 Å². The highest BCUT2D eigenvalue weighted by molar-refractivity contribution is 7.89. The third-order valence-electron chi connectivity index (χ3n) is 4.27. The van der Waals surface area contributed by atoms with Crippen molar-refractivity contribution in [3.8, 4) is 0 Å². The molecule has 0 atom stereocenters. The van der Waals surface area contributed by atoms with E-state index in [1.165, 1.54) is 4.88 Å². The second kappa shape index (κ2) is 7.57. The average Bonchev–Trinajstić information content (AvgIpc) is 3.10. The minimum atomic E-state index is -3.33. The molecule has 0 spiro atoms. The smallest absolute Gasteiger partial charge is 0.243 e. The van der Waals surface area contributed by atoms with Crippen molar-refractivity contribution < 1.29 is 8.42 Å². The van der Waals surface area contributed by atoms with Crippen molar-refractivity contribution in [2.24, 2.45) is 5.92 Å². The molecule has 1 aliphatic rings. The largest absolute Gasteiger partial charge is 0.312 e. The Labute approximate surface area is 142 Å². The van der Waals surface area contributed by atoms with E-state index in [1.54, 1.807) is 39.9 Å². The fraction of sp³-hybridized carbons (Fsp3) is 0.412. The summed E-state index contributed by atoms with van der Waals surface area (Å²) in [5.74, 6) is 0.553. The Kier molecular flexibility index (Phi) is 5.48. The van der Waals surface area contributed by atoms with Crippen LogP contribution in [-0.4, -0.2) is 32.4 Å². The molecule has 4 nitrogen and oxygen atoms in total. The lowest BCUT2D eigenvalue weighted by Gasteiger charge is -2.31. The van der Waals surface area contributed by atoms with Gasteiger partial charge in [0, 0.05) is 24.5 Å². The van der Waals surface area contributed by atoms with Crippen LogP contribution in [0.2, 0.25) is 0 Å². The van der Waals surface area contributed by atoms with Gasteiger partial charge in [-0.3, -0.25) is 0 Å². The monoisotopic (exact) mass is 350 g/mol. The van der Waals surface area contributed by atoms with E-state index in [2.05, 4.69) is 22.8 Å². The topological polar surface area (TPSA) is 49.4 Å². The van der Waals surface area contributed by atoms with Gasteiger partial charge in [-0.25, -0.2) is 8.42 Å². The maximum absolute atomic E-state index is 12.6. The fourth-order valence-corrected chi connectivity index (χ4v) is 5.07. The highest BCUT2D eigenvalue weighted by atomic mass is 32.2. The second-order valence-corrected chi connectivity index (χ2v) is 8.84. The van der Waals surface area contributed by atoms with Crippen LogP contribution in [-0.2, 0) is 16.6 Å². The van der Waals surface area contributed by atoms with Crippen LogP contribution in [0.15, 0.2) is 52.7 Å². The van der Waals surface area contributed by atoms with Crippen LogP contribution in [0.1, 0.15) is 17.7 Å². The molecule has 0 unspecified atom stereocenters. The summed E-state index contributed by atoms with van der Waals surface area (Å²) in [5, 5.41) is 5.57. The van der Waals surface area contributed by atoms with Crippen LogP contribution in [0.25, 0.3) is 0 Å². The van der Waals surface area contributed by atoms with Crippen molar-refractivity contribution in [2.45, 2.75) is 24.3 Å². The molecule has 23 heavy (non-hydrogen) atoms. The van der Waals surface area contributed by atoms with Gasteiger partial charge >= 0.3 is 0 Å². The summed E-state index contributed by atoms with van der Waals surface area (Å²) in [7, 11) is -3.33. The van der Waals surface area contributed by atoms with Crippen LogP contribution in [0.3, 0.4) is 0 Å². The molecular weight excluding hydrogens is 328 g/mol. The first-order valence-electron chi connectivity index (χ1n) is 7.94. The Balaban J connectivity index is 1.48. The molecule has 3 rings (SSSR count). The zero-order chi connectivity index (χ0) is 16.1. The van der Waals surface area contributed by atoms with Crippen LogP contribution in [0, 0.1) is 5.92 Å². The number of nitrogens with one attached hydrogen (secondary N) is 1. The van der Waals surface area contributed by atoms with Crippen LogP contribution < -0.4 is 5.32 Å². The molecule has 0 bridgehead atoms. The van der Waals surface area contributed by atoms with E-state index in [0.29, 0.717) is 23.9 Å². The summed E-state index contributed by atoms with van der Waals surface area (Å²) >= 11 is 1.76. The second-order valence-electron chi connectivity index (χ2n) is 5.87. The van der Waals surface area contributed by atoms with E-state index < -0.39 is 10.0 Å². The van der Waals surface area contributed by atoms with Crippen molar-refractivity contribution >= 4 is 21.4 Å². The van der Waals surface area contributed by atoms with Crippen LogP contribution in [0.4, 0.5) is 0 Å². The molecule has 0 radical (unpaired) electrons. The SMILES string of the molecule is O=S(=O)(c1ccccc1)N1CCC(CNCc2cccs2)CC1. The Bertz CT molecular complexity index is 691. The van der Waals surface area contributed by atoms with E-state index in [0.717, 1.165) is 25.9 Å². The van der Waals surface area contributed by atoms with Gasteiger partial charge in [0.15, 0.2) is 0 Å². The first kappa shape index (κ1) is 16.6. The Morgan fingerprint density at radius 3 is 2.48 bits per heavy atom. The van der Waals surface area contributed by atoms with Gasteiger partial charge in [0.1, 0.15) is 0 Å². The van der Waals surface area contributed by atoms with E-state index in [-0.39, 0.29) is 0 Å². The molecular formula is C17H22N2O2S2. The van der Waals surface area contributed by atoms with Gasteiger partial charge in [-0.2, -0.15) is 4.31 Å². The van der Waals surface area contributed by atoms with Crippen LogP contribution in [0.5, 0.6) is 0 Å². The molecule has 6 heteroatoms. The molecule has 2 aromatic rings. The highest BCUT2D eigenvalue weighted by Gasteiger charge is 2.28. The number of nitrogens with zero attached hydrogens (tertiary/aromatic N) is 1. The van der Waals surface area contributed by atoms with Gasteiger partial charge in [-0.05, 0) is 48.9 Å². The summed E-state index contributed by atoms with van der Waals surface area (Å²) in [4.78, 5) is 1.74. The third kappa shape index (κ3) is 4.20. The molecule has 0 aliphatic carbocycles.